The summed E-state index contributed by atoms with van der Waals surface area (Å²) in [5.41, 5.74) is 1.51. The average molecular weight is 247 g/mol. The number of hydrogen-bond acceptors (Lipinski definition) is 4. The second kappa shape index (κ2) is 4.63. The predicted octanol–water partition coefficient (Wildman–Crippen LogP) is 2.39. The number of aromatic nitrogens is 3. The van der Waals surface area contributed by atoms with E-state index in [0.29, 0.717) is 5.56 Å². The maximum Gasteiger partial charge on any atom is 0.189 e. The summed E-state index contributed by atoms with van der Waals surface area (Å²) in [6.07, 6.45) is 6.67. The summed E-state index contributed by atoms with van der Waals surface area (Å²) in [5, 5.41) is 4.89. The molecular formula is C12H13N3OS. The Morgan fingerprint density at radius 1 is 1.41 bits per heavy atom. The second-order valence-electron chi connectivity index (χ2n) is 3.77. The van der Waals surface area contributed by atoms with E-state index >= 15 is 0 Å². The molecule has 0 atom stereocenters. The van der Waals surface area contributed by atoms with Crippen molar-refractivity contribution in [2.75, 3.05) is 0 Å². The van der Waals surface area contributed by atoms with Gasteiger partial charge in [-0.25, -0.2) is 4.98 Å². The van der Waals surface area contributed by atoms with Crippen molar-refractivity contribution in [1.29, 1.82) is 0 Å². The molecule has 0 saturated carbocycles. The Balaban J connectivity index is 2.17. The number of carbonyl (C=O) groups excluding carboxylic acids is 1. The summed E-state index contributed by atoms with van der Waals surface area (Å²) in [7, 11) is 1.82. The maximum absolute atomic E-state index is 11.9. The predicted molar refractivity (Wildman–Crippen MR) is 68.2 cm³/mol. The van der Waals surface area contributed by atoms with Crippen molar-refractivity contribution in [2.45, 2.75) is 13.8 Å². The number of carbonyl (C=O) groups is 1. The zero-order chi connectivity index (χ0) is 12.4. The molecule has 5 heteroatoms. The van der Waals surface area contributed by atoms with Gasteiger partial charge in [-0.05, 0) is 26.0 Å². The Bertz CT molecular complexity index is 580. The third-order valence-corrected chi connectivity index (χ3v) is 3.40. The summed E-state index contributed by atoms with van der Waals surface area (Å²) < 4.78 is 1.69. The minimum Gasteiger partial charge on any atom is -0.289 e. The molecule has 0 saturated heterocycles. The normalized spacial score (nSPS) is 11.2. The van der Waals surface area contributed by atoms with Crippen LogP contribution in [0.5, 0.6) is 0 Å². The Kier molecular flexibility index (Phi) is 3.19. The van der Waals surface area contributed by atoms with Crippen LogP contribution in [-0.2, 0) is 7.05 Å². The van der Waals surface area contributed by atoms with Crippen molar-refractivity contribution in [3.8, 4) is 0 Å². The van der Waals surface area contributed by atoms with E-state index in [1.54, 1.807) is 40.6 Å². The van der Waals surface area contributed by atoms with Gasteiger partial charge in [0.15, 0.2) is 5.78 Å². The van der Waals surface area contributed by atoms with Crippen LogP contribution in [0.1, 0.15) is 25.9 Å². The van der Waals surface area contributed by atoms with E-state index in [9.17, 15) is 4.79 Å². The van der Waals surface area contributed by atoms with Gasteiger partial charge in [0.2, 0.25) is 0 Å². The Morgan fingerprint density at radius 3 is 2.71 bits per heavy atom. The molecule has 2 heterocycles. The molecular weight excluding hydrogens is 234 g/mol. The van der Waals surface area contributed by atoms with Gasteiger partial charge in [-0.15, -0.1) is 11.3 Å². The fourth-order valence-electron chi connectivity index (χ4n) is 1.43. The van der Waals surface area contributed by atoms with Crippen LogP contribution in [-0.4, -0.2) is 20.5 Å². The van der Waals surface area contributed by atoms with E-state index in [0.717, 1.165) is 15.6 Å². The van der Waals surface area contributed by atoms with E-state index in [-0.39, 0.29) is 5.78 Å². The first-order chi connectivity index (χ1) is 8.08. The third-order valence-electron chi connectivity index (χ3n) is 2.52. The van der Waals surface area contributed by atoms with Crippen molar-refractivity contribution < 1.29 is 4.79 Å². The molecule has 0 bridgehead atoms. The minimum absolute atomic E-state index is 0.0385. The molecule has 2 rings (SSSR count). The third kappa shape index (κ3) is 2.50. The van der Waals surface area contributed by atoms with Crippen LogP contribution in [0.2, 0.25) is 0 Å². The van der Waals surface area contributed by atoms with Crippen LogP contribution in [0.3, 0.4) is 0 Å². The number of hydrogen-bond donors (Lipinski definition) is 0. The van der Waals surface area contributed by atoms with Crippen molar-refractivity contribution in [3.05, 3.63) is 39.6 Å². The van der Waals surface area contributed by atoms with Gasteiger partial charge in [-0.1, -0.05) is 0 Å². The minimum atomic E-state index is -0.0385. The van der Waals surface area contributed by atoms with Crippen LogP contribution in [0.4, 0.5) is 0 Å². The Hall–Kier alpha value is -1.75. The van der Waals surface area contributed by atoms with E-state index in [4.69, 9.17) is 0 Å². The molecule has 0 amide bonds. The highest BCUT2D eigenvalue weighted by atomic mass is 32.1. The molecule has 0 aliphatic carbocycles. The van der Waals surface area contributed by atoms with E-state index in [2.05, 4.69) is 10.1 Å². The summed E-state index contributed by atoms with van der Waals surface area (Å²) >= 11 is 1.56. The molecule has 0 fully saturated rings. The smallest absolute Gasteiger partial charge is 0.189 e. The number of aryl methyl sites for hydroxylation is 2. The van der Waals surface area contributed by atoms with E-state index in [1.807, 2.05) is 20.9 Å². The highest BCUT2D eigenvalue weighted by Crippen LogP contribution is 2.14. The van der Waals surface area contributed by atoms with E-state index in [1.165, 1.54) is 0 Å². The summed E-state index contributed by atoms with van der Waals surface area (Å²) in [5.74, 6) is -0.0385. The van der Waals surface area contributed by atoms with Gasteiger partial charge >= 0.3 is 0 Å². The lowest BCUT2D eigenvalue weighted by Crippen LogP contribution is -1.98. The van der Waals surface area contributed by atoms with Crippen molar-refractivity contribution in [3.63, 3.8) is 0 Å². The molecule has 4 nitrogen and oxygen atoms in total. The number of ketones is 1. The van der Waals surface area contributed by atoms with Gasteiger partial charge in [0, 0.05) is 23.8 Å². The topological polar surface area (TPSA) is 47.8 Å². The molecule has 0 aliphatic heterocycles. The van der Waals surface area contributed by atoms with Crippen molar-refractivity contribution in [2.24, 2.45) is 7.05 Å². The van der Waals surface area contributed by atoms with Gasteiger partial charge in [0.1, 0.15) is 5.01 Å². The van der Waals surface area contributed by atoms with Crippen LogP contribution in [0.25, 0.3) is 6.08 Å². The van der Waals surface area contributed by atoms with Gasteiger partial charge < -0.3 is 0 Å². The molecule has 0 N–H and O–H groups in total. The first kappa shape index (κ1) is 11.7. The standard InChI is InChI=1S/C12H13N3OS/c1-8-6-13-12(17-8)5-4-11(16)10-7-14-15(3)9(10)2/h4-7H,1-3H3/b5-4+. The fraction of sp³-hybridized carbons (Fsp3) is 0.250. The van der Waals surface area contributed by atoms with Gasteiger partial charge in [-0.3, -0.25) is 9.48 Å². The lowest BCUT2D eigenvalue weighted by Gasteiger charge is -1.94. The number of allylic oxidation sites excluding steroid dienone is 1. The molecule has 17 heavy (non-hydrogen) atoms. The lowest BCUT2D eigenvalue weighted by molar-refractivity contribution is 0.104. The zero-order valence-electron chi connectivity index (χ0n) is 9.97. The summed E-state index contributed by atoms with van der Waals surface area (Å²) in [4.78, 5) is 17.2. The quantitative estimate of drug-likeness (QED) is 0.618. The van der Waals surface area contributed by atoms with Crippen LogP contribution < -0.4 is 0 Å². The number of rotatable bonds is 3. The van der Waals surface area contributed by atoms with Gasteiger partial charge in [0.25, 0.3) is 0 Å². The summed E-state index contributed by atoms with van der Waals surface area (Å²) in [6.45, 7) is 3.86. The molecule has 2 aromatic heterocycles. The van der Waals surface area contributed by atoms with Gasteiger partial charge in [-0.2, -0.15) is 5.10 Å². The van der Waals surface area contributed by atoms with Crippen LogP contribution in [0.15, 0.2) is 18.5 Å². The molecule has 88 valence electrons. The average Bonchev–Trinajstić information content (AvgIpc) is 2.84. The molecule has 0 aliphatic rings. The first-order valence-electron chi connectivity index (χ1n) is 5.21. The fourth-order valence-corrected chi connectivity index (χ4v) is 2.10. The zero-order valence-corrected chi connectivity index (χ0v) is 10.8. The highest BCUT2D eigenvalue weighted by molar-refractivity contribution is 7.12. The SMILES string of the molecule is Cc1cnc(/C=C/C(=O)c2cnn(C)c2C)s1. The highest BCUT2D eigenvalue weighted by Gasteiger charge is 2.09. The molecule has 0 spiro atoms. The van der Waals surface area contributed by atoms with Crippen LogP contribution in [0, 0.1) is 13.8 Å². The Labute approximate surface area is 104 Å². The maximum atomic E-state index is 11.9. The molecule has 2 aromatic rings. The summed E-state index contributed by atoms with van der Waals surface area (Å²) in [6, 6.07) is 0. The van der Waals surface area contributed by atoms with Gasteiger partial charge in [0.05, 0.1) is 11.8 Å². The van der Waals surface area contributed by atoms with E-state index < -0.39 is 0 Å². The number of nitrogens with zero attached hydrogens (tertiary/aromatic N) is 3. The largest absolute Gasteiger partial charge is 0.289 e. The van der Waals surface area contributed by atoms with Crippen LogP contribution >= 0.6 is 11.3 Å². The Morgan fingerprint density at radius 2 is 2.18 bits per heavy atom. The molecule has 0 unspecified atom stereocenters. The van der Waals surface area contributed by atoms with Crippen molar-refractivity contribution in [1.82, 2.24) is 14.8 Å². The number of thiazole rings is 1. The molecule has 0 aromatic carbocycles. The lowest BCUT2D eigenvalue weighted by atomic mass is 10.1. The molecule has 0 radical (unpaired) electrons. The first-order valence-corrected chi connectivity index (χ1v) is 6.03. The monoisotopic (exact) mass is 247 g/mol. The second-order valence-corrected chi connectivity index (χ2v) is 5.04. The van der Waals surface area contributed by atoms with Crippen molar-refractivity contribution >= 4 is 23.2 Å².